The standard InChI is InChI=1S/C19H25N3O4S/c1-14(2)11-21-19(23)15(3)26-17-6-8-18(9-7-17)27(24,25)22-13-16-5-4-10-20-12-16/h4-10,12,14-15,22H,11,13H2,1-3H3,(H,21,23)/t15-/m1/s1. The van der Waals surface area contributed by atoms with Gasteiger partial charge in [-0.05, 0) is 48.7 Å². The van der Waals surface area contributed by atoms with Gasteiger partial charge in [0.2, 0.25) is 10.0 Å². The maximum atomic E-state index is 12.4. The number of ether oxygens (including phenoxy) is 1. The Kier molecular flexibility index (Phi) is 7.32. The first-order chi connectivity index (χ1) is 12.8. The number of hydrogen-bond donors (Lipinski definition) is 2. The number of hydrogen-bond acceptors (Lipinski definition) is 5. The van der Waals surface area contributed by atoms with Gasteiger partial charge in [-0.15, -0.1) is 0 Å². The number of nitrogens with zero attached hydrogens (tertiary/aromatic N) is 1. The Morgan fingerprint density at radius 3 is 2.44 bits per heavy atom. The SMILES string of the molecule is CC(C)CNC(=O)[C@@H](C)Oc1ccc(S(=O)(=O)NCc2cccnc2)cc1. The molecule has 0 fully saturated rings. The Morgan fingerprint density at radius 2 is 1.85 bits per heavy atom. The smallest absolute Gasteiger partial charge is 0.260 e. The van der Waals surface area contributed by atoms with Crippen LogP contribution in [0.1, 0.15) is 26.3 Å². The molecule has 2 N–H and O–H groups in total. The van der Waals surface area contributed by atoms with Crippen LogP contribution < -0.4 is 14.8 Å². The molecule has 1 heterocycles. The molecule has 0 aliphatic heterocycles. The molecule has 1 aromatic carbocycles. The van der Waals surface area contributed by atoms with Crippen molar-refractivity contribution in [3.05, 3.63) is 54.4 Å². The molecule has 146 valence electrons. The van der Waals surface area contributed by atoms with Crippen LogP contribution in [0.15, 0.2) is 53.7 Å². The number of pyridine rings is 1. The van der Waals surface area contributed by atoms with Gasteiger partial charge in [0, 0.05) is 25.5 Å². The zero-order valence-electron chi connectivity index (χ0n) is 15.7. The molecule has 0 unspecified atom stereocenters. The van der Waals surface area contributed by atoms with Crippen molar-refractivity contribution in [1.29, 1.82) is 0 Å². The Morgan fingerprint density at radius 1 is 1.15 bits per heavy atom. The molecule has 0 bridgehead atoms. The third kappa shape index (κ3) is 6.65. The average molecular weight is 391 g/mol. The lowest BCUT2D eigenvalue weighted by atomic mass is 10.2. The lowest BCUT2D eigenvalue weighted by Gasteiger charge is -2.16. The summed E-state index contributed by atoms with van der Waals surface area (Å²) in [7, 11) is -3.65. The predicted molar refractivity (Wildman–Crippen MR) is 103 cm³/mol. The Labute approximate surface area is 160 Å². The third-order valence-electron chi connectivity index (χ3n) is 3.69. The topological polar surface area (TPSA) is 97.4 Å². The molecular formula is C19H25N3O4S. The first-order valence-electron chi connectivity index (χ1n) is 8.71. The molecule has 27 heavy (non-hydrogen) atoms. The van der Waals surface area contributed by atoms with E-state index in [0.29, 0.717) is 18.2 Å². The molecule has 0 radical (unpaired) electrons. The summed E-state index contributed by atoms with van der Waals surface area (Å²) in [6.45, 7) is 6.39. The Balaban J connectivity index is 1.94. The van der Waals surface area contributed by atoms with Crippen molar-refractivity contribution < 1.29 is 17.9 Å². The molecule has 0 aliphatic carbocycles. The summed E-state index contributed by atoms with van der Waals surface area (Å²) in [4.78, 5) is 16.0. The summed E-state index contributed by atoms with van der Waals surface area (Å²) >= 11 is 0. The molecule has 1 atom stereocenters. The molecule has 8 heteroatoms. The molecule has 1 aromatic heterocycles. The third-order valence-corrected chi connectivity index (χ3v) is 5.11. The summed E-state index contributed by atoms with van der Waals surface area (Å²) in [6, 6.07) is 9.49. The summed E-state index contributed by atoms with van der Waals surface area (Å²) in [5.41, 5.74) is 0.766. The van der Waals surface area contributed by atoms with Gasteiger partial charge in [0.15, 0.2) is 6.10 Å². The van der Waals surface area contributed by atoms with E-state index < -0.39 is 16.1 Å². The van der Waals surface area contributed by atoms with Gasteiger partial charge in [0.05, 0.1) is 4.90 Å². The van der Waals surface area contributed by atoms with E-state index in [-0.39, 0.29) is 17.3 Å². The fourth-order valence-corrected chi connectivity index (χ4v) is 3.19. The molecule has 0 saturated heterocycles. The van der Waals surface area contributed by atoms with Crippen LogP contribution in [0.5, 0.6) is 5.75 Å². The first kappa shape index (κ1) is 20.9. The van der Waals surface area contributed by atoms with E-state index in [1.54, 1.807) is 31.5 Å². The zero-order chi connectivity index (χ0) is 19.9. The minimum absolute atomic E-state index is 0.121. The molecule has 0 saturated carbocycles. The lowest BCUT2D eigenvalue weighted by molar-refractivity contribution is -0.127. The number of carbonyl (C=O) groups is 1. The van der Waals surface area contributed by atoms with Gasteiger partial charge in [-0.25, -0.2) is 13.1 Å². The largest absolute Gasteiger partial charge is 0.481 e. The number of carbonyl (C=O) groups excluding carboxylic acids is 1. The van der Waals surface area contributed by atoms with Gasteiger partial charge in [-0.1, -0.05) is 19.9 Å². The van der Waals surface area contributed by atoms with Gasteiger partial charge in [0.25, 0.3) is 5.91 Å². The van der Waals surface area contributed by atoms with Crippen molar-refractivity contribution in [2.75, 3.05) is 6.54 Å². The van der Waals surface area contributed by atoms with E-state index in [1.807, 2.05) is 13.8 Å². The second kappa shape index (κ2) is 9.48. The summed E-state index contributed by atoms with van der Waals surface area (Å²) < 4.78 is 32.8. The van der Waals surface area contributed by atoms with E-state index in [9.17, 15) is 13.2 Å². The zero-order valence-corrected chi connectivity index (χ0v) is 16.5. The van der Waals surface area contributed by atoms with Crippen LogP contribution in [-0.2, 0) is 21.4 Å². The van der Waals surface area contributed by atoms with Gasteiger partial charge in [-0.3, -0.25) is 9.78 Å². The molecule has 0 spiro atoms. The molecular weight excluding hydrogens is 366 g/mol. The van der Waals surface area contributed by atoms with E-state index in [0.717, 1.165) is 5.56 Å². The van der Waals surface area contributed by atoms with E-state index in [2.05, 4.69) is 15.0 Å². The highest BCUT2D eigenvalue weighted by molar-refractivity contribution is 7.89. The monoisotopic (exact) mass is 391 g/mol. The maximum Gasteiger partial charge on any atom is 0.260 e. The lowest BCUT2D eigenvalue weighted by Crippen LogP contribution is -2.38. The number of amides is 1. The van der Waals surface area contributed by atoms with Crippen LogP contribution in [0, 0.1) is 5.92 Å². The predicted octanol–water partition coefficient (Wildman–Crippen LogP) is 2.10. The summed E-state index contributed by atoms with van der Waals surface area (Å²) in [6.07, 6.45) is 2.56. The minimum atomic E-state index is -3.65. The fraction of sp³-hybridized carbons (Fsp3) is 0.368. The highest BCUT2D eigenvalue weighted by atomic mass is 32.2. The normalized spacial score (nSPS) is 12.6. The number of aromatic nitrogens is 1. The van der Waals surface area contributed by atoms with Gasteiger partial charge >= 0.3 is 0 Å². The highest BCUT2D eigenvalue weighted by Gasteiger charge is 2.17. The Bertz CT molecular complexity index is 837. The first-order valence-corrected chi connectivity index (χ1v) is 10.2. The molecule has 1 amide bonds. The van der Waals surface area contributed by atoms with Gasteiger partial charge < -0.3 is 10.1 Å². The summed E-state index contributed by atoms with van der Waals surface area (Å²) in [5.74, 6) is 0.566. The molecule has 0 aliphatic rings. The van der Waals surface area contributed by atoms with Crippen LogP contribution in [0.2, 0.25) is 0 Å². The van der Waals surface area contributed by atoms with E-state index >= 15 is 0 Å². The molecule has 7 nitrogen and oxygen atoms in total. The van der Waals surface area contributed by atoms with Crippen LogP contribution in [0.3, 0.4) is 0 Å². The second-order valence-corrected chi connectivity index (χ2v) is 8.32. The quantitative estimate of drug-likeness (QED) is 0.682. The van der Waals surface area contributed by atoms with Crippen molar-refractivity contribution in [2.24, 2.45) is 5.92 Å². The van der Waals surface area contributed by atoms with Crippen LogP contribution in [0.4, 0.5) is 0 Å². The van der Waals surface area contributed by atoms with Crippen molar-refractivity contribution in [1.82, 2.24) is 15.0 Å². The van der Waals surface area contributed by atoms with Crippen molar-refractivity contribution in [3.63, 3.8) is 0 Å². The molecule has 2 rings (SSSR count). The van der Waals surface area contributed by atoms with E-state index in [4.69, 9.17) is 4.74 Å². The van der Waals surface area contributed by atoms with Gasteiger partial charge in [0.1, 0.15) is 5.75 Å². The van der Waals surface area contributed by atoms with Crippen molar-refractivity contribution >= 4 is 15.9 Å². The minimum Gasteiger partial charge on any atom is -0.481 e. The fourth-order valence-electron chi connectivity index (χ4n) is 2.17. The number of sulfonamides is 1. The maximum absolute atomic E-state index is 12.4. The van der Waals surface area contributed by atoms with Crippen LogP contribution in [0.25, 0.3) is 0 Å². The Hall–Kier alpha value is -2.45. The van der Waals surface area contributed by atoms with E-state index in [1.165, 1.54) is 24.3 Å². The second-order valence-electron chi connectivity index (χ2n) is 6.56. The van der Waals surface area contributed by atoms with Crippen molar-refractivity contribution in [2.45, 2.75) is 38.3 Å². The molecule has 2 aromatic rings. The van der Waals surface area contributed by atoms with Crippen LogP contribution >= 0.6 is 0 Å². The highest BCUT2D eigenvalue weighted by Crippen LogP contribution is 2.17. The van der Waals surface area contributed by atoms with Crippen LogP contribution in [-0.4, -0.2) is 32.0 Å². The summed E-state index contributed by atoms with van der Waals surface area (Å²) in [5, 5.41) is 2.80. The number of nitrogens with one attached hydrogen (secondary N) is 2. The van der Waals surface area contributed by atoms with Crippen molar-refractivity contribution in [3.8, 4) is 5.75 Å². The number of rotatable bonds is 9. The average Bonchev–Trinajstić information content (AvgIpc) is 2.65. The van der Waals surface area contributed by atoms with Gasteiger partial charge in [-0.2, -0.15) is 0 Å². The number of benzene rings is 1.